The van der Waals surface area contributed by atoms with Crippen molar-refractivity contribution in [1.29, 1.82) is 0 Å². The lowest BCUT2D eigenvalue weighted by molar-refractivity contribution is 0.0621. The highest BCUT2D eigenvalue weighted by Crippen LogP contribution is 2.22. The molecule has 1 aliphatic heterocycles. The Hall–Kier alpha value is -2.83. The van der Waals surface area contributed by atoms with Crippen LogP contribution in [0.2, 0.25) is 5.02 Å². The van der Waals surface area contributed by atoms with Crippen LogP contribution >= 0.6 is 11.6 Å². The summed E-state index contributed by atoms with van der Waals surface area (Å²) < 4.78 is 7.44. The van der Waals surface area contributed by atoms with Crippen LogP contribution in [0.4, 0.5) is 0 Å². The average molecular weight is 439 g/mol. The second-order valence-corrected chi connectivity index (χ2v) is 8.42. The summed E-state index contributed by atoms with van der Waals surface area (Å²) in [5, 5.41) is 5.08. The fraction of sp³-hybridized carbons (Fsp3) is 0.333. The Morgan fingerprint density at radius 2 is 1.87 bits per heavy atom. The first kappa shape index (κ1) is 21.4. The first-order chi connectivity index (χ1) is 15.0. The first-order valence-corrected chi connectivity index (χ1v) is 10.9. The summed E-state index contributed by atoms with van der Waals surface area (Å²) in [5.41, 5.74) is 3.99. The summed E-state index contributed by atoms with van der Waals surface area (Å²) in [6.07, 6.45) is 1.77. The minimum Gasteiger partial charge on any atom is -0.471 e. The summed E-state index contributed by atoms with van der Waals surface area (Å²) in [5.74, 6) is 0.717. The van der Waals surface area contributed by atoms with E-state index >= 15 is 0 Å². The molecule has 0 spiro atoms. The van der Waals surface area contributed by atoms with Crippen molar-refractivity contribution in [2.24, 2.45) is 0 Å². The standard InChI is InChI=1S/C24H27ClN4O2/c1-18-4-3-5-20(14-18)16-27-10-12-28(13-11-27)24(30)22-8-9-29(26-22)17-31-23-7-6-21(25)15-19(23)2/h3-9,14-15H,10-13,16-17H2,1-2H3. The van der Waals surface area contributed by atoms with E-state index in [2.05, 4.69) is 41.2 Å². The molecule has 3 aromatic rings. The van der Waals surface area contributed by atoms with Gasteiger partial charge in [0.1, 0.15) is 5.75 Å². The SMILES string of the molecule is Cc1cccc(CN2CCN(C(=O)c3ccn(COc4ccc(Cl)cc4C)n3)CC2)c1. The summed E-state index contributed by atoms with van der Waals surface area (Å²) in [7, 11) is 0. The van der Waals surface area contributed by atoms with E-state index in [-0.39, 0.29) is 12.6 Å². The molecule has 1 amide bonds. The number of rotatable bonds is 6. The van der Waals surface area contributed by atoms with Crippen molar-refractivity contribution in [3.05, 3.63) is 82.1 Å². The van der Waals surface area contributed by atoms with Gasteiger partial charge in [0, 0.05) is 43.9 Å². The van der Waals surface area contributed by atoms with Gasteiger partial charge in [-0.1, -0.05) is 41.4 Å². The minimum absolute atomic E-state index is 0.0309. The highest BCUT2D eigenvalue weighted by Gasteiger charge is 2.23. The zero-order valence-corrected chi connectivity index (χ0v) is 18.7. The molecule has 0 atom stereocenters. The number of halogens is 1. The van der Waals surface area contributed by atoms with Crippen LogP contribution < -0.4 is 4.74 Å². The molecule has 0 unspecified atom stereocenters. The van der Waals surface area contributed by atoms with Gasteiger partial charge >= 0.3 is 0 Å². The Kier molecular flexibility index (Phi) is 6.59. The first-order valence-electron chi connectivity index (χ1n) is 10.5. The van der Waals surface area contributed by atoms with Crippen molar-refractivity contribution in [2.45, 2.75) is 27.1 Å². The second kappa shape index (κ2) is 9.54. The maximum Gasteiger partial charge on any atom is 0.274 e. The molecule has 1 fully saturated rings. The minimum atomic E-state index is -0.0309. The number of nitrogens with zero attached hydrogens (tertiary/aromatic N) is 4. The number of carbonyl (C=O) groups is 1. The maximum atomic E-state index is 12.9. The molecule has 6 nitrogen and oxygen atoms in total. The number of hydrogen-bond acceptors (Lipinski definition) is 4. The van der Waals surface area contributed by atoms with Gasteiger partial charge in [-0.3, -0.25) is 9.69 Å². The van der Waals surface area contributed by atoms with Gasteiger partial charge in [-0.05, 0) is 49.2 Å². The summed E-state index contributed by atoms with van der Waals surface area (Å²) in [6.45, 7) is 8.34. The van der Waals surface area contributed by atoms with Crippen LogP contribution in [0, 0.1) is 13.8 Å². The lowest BCUT2D eigenvalue weighted by atomic mass is 10.1. The third-order valence-corrected chi connectivity index (χ3v) is 5.73. The fourth-order valence-electron chi connectivity index (χ4n) is 3.80. The number of benzene rings is 2. The molecule has 4 rings (SSSR count). The van der Waals surface area contributed by atoms with Gasteiger partial charge in [0.15, 0.2) is 12.4 Å². The molecular formula is C24H27ClN4O2. The van der Waals surface area contributed by atoms with Crippen molar-refractivity contribution in [1.82, 2.24) is 19.6 Å². The lowest BCUT2D eigenvalue weighted by Crippen LogP contribution is -2.48. The molecule has 7 heteroatoms. The third-order valence-electron chi connectivity index (χ3n) is 5.50. The molecule has 0 aliphatic carbocycles. The van der Waals surface area contributed by atoms with Crippen LogP contribution in [0.15, 0.2) is 54.7 Å². The third kappa shape index (κ3) is 5.46. The van der Waals surface area contributed by atoms with Crippen molar-refractivity contribution in [2.75, 3.05) is 26.2 Å². The Labute approximate surface area is 188 Å². The van der Waals surface area contributed by atoms with E-state index in [1.165, 1.54) is 11.1 Å². The van der Waals surface area contributed by atoms with Crippen LogP contribution in [0.3, 0.4) is 0 Å². The molecular weight excluding hydrogens is 412 g/mol. The monoisotopic (exact) mass is 438 g/mol. The van der Waals surface area contributed by atoms with Gasteiger partial charge in [-0.15, -0.1) is 0 Å². The highest BCUT2D eigenvalue weighted by atomic mass is 35.5. The Bertz CT molecular complexity index is 1060. The largest absolute Gasteiger partial charge is 0.471 e. The molecule has 1 saturated heterocycles. The molecule has 2 aromatic carbocycles. The van der Waals surface area contributed by atoms with E-state index in [4.69, 9.17) is 16.3 Å². The summed E-state index contributed by atoms with van der Waals surface area (Å²) in [6, 6.07) is 15.8. The van der Waals surface area contributed by atoms with Crippen molar-refractivity contribution >= 4 is 17.5 Å². The molecule has 1 aliphatic rings. The van der Waals surface area contributed by atoms with E-state index in [0.717, 1.165) is 30.9 Å². The predicted molar refractivity (Wildman–Crippen MR) is 121 cm³/mol. The summed E-state index contributed by atoms with van der Waals surface area (Å²) in [4.78, 5) is 17.1. The normalized spacial score (nSPS) is 14.6. The number of amides is 1. The van der Waals surface area contributed by atoms with Crippen LogP contribution in [0.1, 0.15) is 27.2 Å². The quantitative estimate of drug-likeness (QED) is 0.580. The van der Waals surface area contributed by atoms with Gasteiger partial charge in [-0.2, -0.15) is 5.10 Å². The second-order valence-electron chi connectivity index (χ2n) is 7.98. The van der Waals surface area contributed by atoms with Gasteiger partial charge in [-0.25, -0.2) is 4.68 Å². The van der Waals surface area contributed by atoms with E-state index < -0.39 is 0 Å². The van der Waals surface area contributed by atoms with Crippen LogP contribution in [-0.4, -0.2) is 51.7 Å². The van der Waals surface area contributed by atoms with E-state index in [9.17, 15) is 4.79 Å². The number of hydrogen-bond donors (Lipinski definition) is 0. The van der Waals surface area contributed by atoms with Crippen LogP contribution in [-0.2, 0) is 13.3 Å². The summed E-state index contributed by atoms with van der Waals surface area (Å²) >= 11 is 5.98. The van der Waals surface area contributed by atoms with Gasteiger partial charge in [0.2, 0.25) is 0 Å². The zero-order valence-electron chi connectivity index (χ0n) is 17.9. The van der Waals surface area contributed by atoms with Gasteiger partial charge < -0.3 is 9.64 Å². The van der Waals surface area contributed by atoms with Crippen LogP contribution in [0.5, 0.6) is 5.75 Å². The highest BCUT2D eigenvalue weighted by molar-refractivity contribution is 6.30. The Morgan fingerprint density at radius 3 is 2.61 bits per heavy atom. The molecule has 2 heterocycles. The average Bonchev–Trinajstić information content (AvgIpc) is 3.22. The van der Waals surface area contributed by atoms with Crippen molar-refractivity contribution < 1.29 is 9.53 Å². The number of carbonyl (C=O) groups excluding carboxylic acids is 1. The van der Waals surface area contributed by atoms with E-state index in [1.54, 1.807) is 23.0 Å². The smallest absolute Gasteiger partial charge is 0.274 e. The number of ether oxygens (including phenoxy) is 1. The molecule has 0 saturated carbocycles. The maximum absolute atomic E-state index is 12.9. The number of aromatic nitrogens is 2. The van der Waals surface area contributed by atoms with E-state index in [1.807, 2.05) is 24.0 Å². The zero-order chi connectivity index (χ0) is 21.8. The van der Waals surface area contributed by atoms with Crippen LogP contribution in [0.25, 0.3) is 0 Å². The predicted octanol–water partition coefficient (Wildman–Crippen LogP) is 4.15. The molecule has 31 heavy (non-hydrogen) atoms. The van der Waals surface area contributed by atoms with Crippen molar-refractivity contribution in [3.63, 3.8) is 0 Å². The Morgan fingerprint density at radius 1 is 1.06 bits per heavy atom. The molecule has 1 aromatic heterocycles. The number of aryl methyl sites for hydroxylation is 2. The lowest BCUT2D eigenvalue weighted by Gasteiger charge is -2.34. The van der Waals surface area contributed by atoms with Gasteiger partial charge in [0.25, 0.3) is 5.91 Å². The van der Waals surface area contributed by atoms with Crippen molar-refractivity contribution in [3.8, 4) is 5.75 Å². The molecule has 0 radical (unpaired) electrons. The Balaban J connectivity index is 1.29. The number of piperazine rings is 1. The van der Waals surface area contributed by atoms with E-state index in [0.29, 0.717) is 23.8 Å². The molecule has 162 valence electrons. The fourth-order valence-corrected chi connectivity index (χ4v) is 4.02. The topological polar surface area (TPSA) is 50.6 Å². The molecule has 0 bridgehead atoms. The van der Waals surface area contributed by atoms with Gasteiger partial charge in [0.05, 0.1) is 0 Å². The molecule has 0 N–H and O–H groups in total.